The molecule has 0 unspecified atom stereocenters. The summed E-state index contributed by atoms with van der Waals surface area (Å²) in [6, 6.07) is -0.104. The summed E-state index contributed by atoms with van der Waals surface area (Å²) in [5.74, 6) is 2.77. The van der Waals surface area contributed by atoms with E-state index in [1.807, 2.05) is 6.92 Å². The number of nitrogens with one attached hydrogen (secondary N) is 1. The van der Waals surface area contributed by atoms with Crippen LogP contribution in [0.25, 0.3) is 16.9 Å². The van der Waals surface area contributed by atoms with Crippen molar-refractivity contribution in [1.29, 1.82) is 0 Å². The first-order chi connectivity index (χ1) is 14.1. The van der Waals surface area contributed by atoms with Crippen molar-refractivity contribution in [3.8, 4) is 23.0 Å². The molecule has 5 nitrogen and oxygen atoms in total. The minimum Gasteiger partial charge on any atom is -0.358 e. The smallest absolute Gasteiger partial charge is 0.358 e. The zero-order chi connectivity index (χ0) is 22.1. The summed E-state index contributed by atoms with van der Waals surface area (Å²) < 4.78 is 70.1. The number of hydrogen-bond donors (Lipinski definition) is 1. The molecule has 0 spiro atoms. The van der Waals surface area contributed by atoms with Crippen molar-refractivity contribution in [2.45, 2.75) is 38.9 Å². The van der Waals surface area contributed by atoms with E-state index in [1.165, 1.54) is 0 Å². The Hall–Kier alpha value is -2.93. The normalized spacial score (nSPS) is 12.5. The van der Waals surface area contributed by atoms with Gasteiger partial charge in [-0.2, -0.15) is 32.8 Å². The van der Waals surface area contributed by atoms with Crippen LogP contribution in [0.1, 0.15) is 32.3 Å². The molecule has 2 heterocycles. The van der Waals surface area contributed by atoms with Crippen molar-refractivity contribution in [2.24, 2.45) is 0 Å². The van der Waals surface area contributed by atoms with Crippen LogP contribution in [0.2, 0.25) is 5.15 Å². The Bertz CT molecular complexity index is 1120. The minimum absolute atomic E-state index is 0.0892. The maximum absolute atomic E-state index is 14.9. The summed E-state index contributed by atoms with van der Waals surface area (Å²) in [5, 5.41) is 5.54. The first-order valence-corrected chi connectivity index (χ1v) is 9.22. The highest BCUT2D eigenvalue weighted by Gasteiger charge is 2.37. The van der Waals surface area contributed by atoms with Gasteiger partial charge < -0.3 is 5.32 Å². The van der Waals surface area contributed by atoms with Crippen LogP contribution in [0.4, 0.5) is 27.8 Å². The molecule has 11 heteroatoms. The van der Waals surface area contributed by atoms with Gasteiger partial charge in [-0.25, -0.2) is 8.78 Å². The molecular weight excluding hydrogens is 429 g/mol. The minimum atomic E-state index is -4.64. The number of nitrogens with zero attached hydrogens (tertiary/aromatic N) is 4. The molecule has 1 aromatic carbocycles. The highest BCUT2D eigenvalue weighted by atomic mass is 35.5. The third-order valence-electron chi connectivity index (χ3n) is 4.13. The van der Waals surface area contributed by atoms with E-state index in [0.29, 0.717) is 6.42 Å². The molecule has 0 saturated heterocycles. The van der Waals surface area contributed by atoms with Crippen LogP contribution < -0.4 is 5.32 Å². The van der Waals surface area contributed by atoms with E-state index in [2.05, 4.69) is 32.2 Å². The van der Waals surface area contributed by atoms with E-state index in [-0.39, 0.29) is 11.3 Å². The summed E-state index contributed by atoms with van der Waals surface area (Å²) in [4.78, 5) is 7.65. The van der Waals surface area contributed by atoms with E-state index in [4.69, 9.17) is 11.6 Å². The second kappa shape index (κ2) is 8.44. The van der Waals surface area contributed by atoms with Gasteiger partial charge in [0.2, 0.25) is 0 Å². The van der Waals surface area contributed by atoms with Crippen LogP contribution in [0.5, 0.6) is 0 Å². The summed E-state index contributed by atoms with van der Waals surface area (Å²) >= 11 is 6.11. The van der Waals surface area contributed by atoms with Gasteiger partial charge in [0.15, 0.2) is 0 Å². The highest BCUT2D eigenvalue weighted by Crippen LogP contribution is 2.38. The molecule has 0 amide bonds. The first kappa shape index (κ1) is 21.8. The van der Waals surface area contributed by atoms with Gasteiger partial charge in [-0.15, -0.1) is 0 Å². The molecule has 3 aromatic rings. The lowest BCUT2D eigenvalue weighted by molar-refractivity contribution is -0.138. The molecule has 0 aliphatic heterocycles. The van der Waals surface area contributed by atoms with Gasteiger partial charge >= 0.3 is 6.18 Å². The third-order valence-corrected chi connectivity index (χ3v) is 4.40. The highest BCUT2D eigenvalue weighted by molar-refractivity contribution is 6.33. The zero-order valence-corrected chi connectivity index (χ0v) is 16.5. The van der Waals surface area contributed by atoms with Crippen molar-refractivity contribution < 1.29 is 22.0 Å². The Morgan fingerprint density at radius 2 is 1.87 bits per heavy atom. The maximum atomic E-state index is 14.9. The summed E-state index contributed by atoms with van der Waals surface area (Å²) in [7, 11) is 0. The summed E-state index contributed by atoms with van der Waals surface area (Å²) in [6.07, 6.45) is -2.28. The second-order valence-electron chi connectivity index (χ2n) is 6.37. The van der Waals surface area contributed by atoms with Crippen LogP contribution in [0.3, 0.4) is 0 Å². The lowest BCUT2D eigenvalue weighted by Crippen LogP contribution is -2.34. The molecule has 0 bridgehead atoms. The van der Waals surface area contributed by atoms with Gasteiger partial charge in [0.1, 0.15) is 35.0 Å². The molecule has 0 aliphatic carbocycles. The number of alkyl halides is 3. The molecule has 30 heavy (non-hydrogen) atoms. The Balaban J connectivity index is 2.22. The molecule has 0 radical (unpaired) electrons. The van der Waals surface area contributed by atoms with Gasteiger partial charge in [-0.3, -0.25) is 0 Å². The van der Waals surface area contributed by atoms with Gasteiger partial charge in [0, 0.05) is 12.0 Å². The number of anilines is 1. The number of hydrogen-bond acceptors (Lipinski definition) is 4. The largest absolute Gasteiger partial charge is 0.408 e. The predicted octanol–water partition coefficient (Wildman–Crippen LogP) is 5.24. The van der Waals surface area contributed by atoms with Crippen molar-refractivity contribution in [3.05, 3.63) is 40.8 Å². The maximum Gasteiger partial charge on any atom is 0.408 e. The molecule has 2 aromatic heterocycles. The van der Waals surface area contributed by atoms with Gasteiger partial charge in [-0.1, -0.05) is 30.4 Å². The number of halogens is 6. The van der Waals surface area contributed by atoms with Crippen LogP contribution in [0.15, 0.2) is 18.5 Å². The van der Waals surface area contributed by atoms with Crippen LogP contribution >= 0.6 is 11.6 Å². The monoisotopic (exact) mass is 443 g/mol. The number of fused-ring (bicyclic) bond motifs is 1. The molecule has 0 fully saturated rings. The molecule has 1 atom stereocenters. The topological polar surface area (TPSA) is 55.1 Å². The fourth-order valence-corrected chi connectivity index (χ4v) is 2.89. The zero-order valence-electron chi connectivity index (χ0n) is 15.8. The number of aromatic nitrogens is 4. The Morgan fingerprint density at radius 1 is 1.20 bits per heavy atom. The summed E-state index contributed by atoms with van der Waals surface area (Å²) in [6.45, 7) is 2.75. The van der Waals surface area contributed by atoms with Gasteiger partial charge in [0.05, 0.1) is 11.1 Å². The average molecular weight is 444 g/mol. The SMILES string of the molecule is CCCC#Cc1cc(F)c(-c2c(Cl)nc3ncnn3c2N[C@@H](C)C(F)(F)F)c(F)c1. The molecule has 158 valence electrons. The van der Waals surface area contributed by atoms with Crippen molar-refractivity contribution in [2.75, 3.05) is 5.32 Å². The van der Waals surface area contributed by atoms with E-state index in [9.17, 15) is 22.0 Å². The first-order valence-electron chi connectivity index (χ1n) is 8.84. The van der Waals surface area contributed by atoms with Crippen molar-refractivity contribution >= 4 is 23.2 Å². The van der Waals surface area contributed by atoms with Crippen molar-refractivity contribution in [3.63, 3.8) is 0 Å². The average Bonchev–Trinajstić information content (AvgIpc) is 3.10. The summed E-state index contributed by atoms with van der Waals surface area (Å²) in [5.41, 5.74) is -0.970. The van der Waals surface area contributed by atoms with Gasteiger partial charge in [0.25, 0.3) is 5.78 Å². The Labute approximate surface area is 173 Å². The molecule has 0 saturated carbocycles. The second-order valence-corrected chi connectivity index (χ2v) is 6.73. The molecule has 0 aliphatic rings. The Kier molecular flexibility index (Phi) is 6.12. The number of rotatable bonds is 4. The van der Waals surface area contributed by atoms with Crippen LogP contribution in [-0.2, 0) is 0 Å². The standard InChI is InChI=1S/C19H15ClF5N5/c1-3-4-5-6-11-7-12(21)14(13(22)8-11)15-16(20)29-18-26-9-27-30(18)17(15)28-10(2)19(23,24)25/h7-10,28H,3-4H2,1-2H3/t10-/m0/s1. The predicted molar refractivity (Wildman–Crippen MR) is 102 cm³/mol. The van der Waals surface area contributed by atoms with E-state index >= 15 is 0 Å². The van der Waals surface area contributed by atoms with Crippen LogP contribution in [0, 0.1) is 23.5 Å². The number of benzene rings is 1. The lowest BCUT2D eigenvalue weighted by atomic mass is 10.0. The molecular formula is C19H15ClF5N5. The fourth-order valence-electron chi connectivity index (χ4n) is 2.63. The van der Waals surface area contributed by atoms with Crippen LogP contribution in [-0.4, -0.2) is 31.8 Å². The van der Waals surface area contributed by atoms with E-state index in [1.54, 1.807) is 0 Å². The van der Waals surface area contributed by atoms with E-state index < -0.39 is 46.0 Å². The quantitative estimate of drug-likeness (QED) is 0.340. The van der Waals surface area contributed by atoms with Crippen molar-refractivity contribution in [1.82, 2.24) is 19.6 Å². The molecule has 3 rings (SSSR count). The number of unbranched alkanes of at least 4 members (excludes halogenated alkanes) is 1. The lowest BCUT2D eigenvalue weighted by Gasteiger charge is -2.21. The van der Waals surface area contributed by atoms with E-state index in [0.717, 1.165) is 36.3 Å². The molecule has 1 N–H and O–H groups in total. The fraction of sp³-hybridized carbons (Fsp3) is 0.316. The van der Waals surface area contributed by atoms with Gasteiger partial charge in [-0.05, 0) is 25.5 Å². The third kappa shape index (κ3) is 4.31. The Morgan fingerprint density at radius 3 is 2.47 bits per heavy atom.